The van der Waals surface area contributed by atoms with Crippen molar-refractivity contribution in [2.45, 2.75) is 19.8 Å². The van der Waals surface area contributed by atoms with Crippen LogP contribution in [0.4, 0.5) is 5.69 Å². The van der Waals surface area contributed by atoms with Crippen LogP contribution < -0.4 is 0 Å². The highest BCUT2D eigenvalue weighted by Crippen LogP contribution is 2.40. The number of carboxylic acids is 1. The lowest BCUT2D eigenvalue weighted by atomic mass is 9.75. The summed E-state index contributed by atoms with van der Waals surface area (Å²) in [5.74, 6) is -3.97. The van der Waals surface area contributed by atoms with Crippen LogP contribution in [0, 0.1) is 16.0 Å². The van der Waals surface area contributed by atoms with Crippen molar-refractivity contribution in [3.8, 4) is 0 Å². The molecular weight excluding hydrogens is 340 g/mol. The number of ether oxygens (including phenoxy) is 1. The molecular formula is C18H18N2O6. The van der Waals surface area contributed by atoms with Crippen LogP contribution in [0.15, 0.2) is 53.2 Å². The van der Waals surface area contributed by atoms with E-state index in [-0.39, 0.29) is 17.9 Å². The standard InChI is InChI=1S/C18H18N2O6/c1-4-8-26-18(23)15-11(3)19-10(2)14(17(21)22)16(15)12-6-5-7-13(9-12)20(24)25/h4-7,9,14,16H,1,8H2,2-3H3,(H,21,22). The zero-order chi connectivity index (χ0) is 19.4. The van der Waals surface area contributed by atoms with Crippen LogP contribution in [0.25, 0.3) is 0 Å². The molecule has 0 fully saturated rings. The van der Waals surface area contributed by atoms with Gasteiger partial charge in [-0.05, 0) is 19.4 Å². The van der Waals surface area contributed by atoms with E-state index in [9.17, 15) is 24.8 Å². The second-order valence-corrected chi connectivity index (χ2v) is 5.79. The maximum Gasteiger partial charge on any atom is 0.336 e. The fraction of sp³-hybridized carbons (Fsp3) is 0.278. The van der Waals surface area contributed by atoms with Crippen molar-refractivity contribution in [1.29, 1.82) is 0 Å². The average Bonchev–Trinajstić information content (AvgIpc) is 2.58. The van der Waals surface area contributed by atoms with E-state index in [0.717, 1.165) is 0 Å². The Hall–Kier alpha value is -3.29. The molecule has 0 saturated carbocycles. The monoisotopic (exact) mass is 358 g/mol. The average molecular weight is 358 g/mol. The topological polar surface area (TPSA) is 119 Å². The lowest BCUT2D eigenvalue weighted by molar-refractivity contribution is -0.384. The number of carbonyl (C=O) groups is 2. The summed E-state index contributed by atoms with van der Waals surface area (Å²) in [6.45, 7) is 6.56. The summed E-state index contributed by atoms with van der Waals surface area (Å²) in [6, 6.07) is 5.58. The number of nitro benzene ring substituents is 1. The number of nitrogens with zero attached hydrogens (tertiary/aromatic N) is 2. The number of esters is 1. The Morgan fingerprint density at radius 1 is 1.42 bits per heavy atom. The highest BCUT2D eigenvalue weighted by atomic mass is 16.6. The number of carboxylic acid groups (broad SMARTS) is 1. The number of aliphatic imine (C=N–C) groups is 1. The number of aliphatic carboxylic acids is 1. The lowest BCUT2D eigenvalue weighted by Gasteiger charge is -2.30. The molecule has 0 spiro atoms. The van der Waals surface area contributed by atoms with Crippen LogP contribution in [0.2, 0.25) is 0 Å². The molecule has 1 aliphatic rings. The number of hydrogen-bond acceptors (Lipinski definition) is 6. The van der Waals surface area contributed by atoms with Crippen molar-refractivity contribution in [3.05, 3.63) is 63.9 Å². The van der Waals surface area contributed by atoms with Crippen molar-refractivity contribution in [2.75, 3.05) is 6.61 Å². The maximum atomic E-state index is 12.5. The van der Waals surface area contributed by atoms with Gasteiger partial charge in [-0.3, -0.25) is 19.9 Å². The molecule has 1 N–H and O–H groups in total. The Morgan fingerprint density at radius 2 is 2.12 bits per heavy atom. The minimum atomic E-state index is -1.18. The maximum absolute atomic E-state index is 12.5. The fourth-order valence-electron chi connectivity index (χ4n) is 3.03. The Labute approximate surface area is 149 Å². The first-order valence-electron chi connectivity index (χ1n) is 7.79. The summed E-state index contributed by atoms with van der Waals surface area (Å²) < 4.78 is 5.08. The van der Waals surface area contributed by atoms with Gasteiger partial charge in [0.25, 0.3) is 5.69 Å². The van der Waals surface area contributed by atoms with Crippen molar-refractivity contribution < 1.29 is 24.4 Å². The zero-order valence-corrected chi connectivity index (χ0v) is 14.3. The molecule has 0 amide bonds. The van der Waals surface area contributed by atoms with Crippen LogP contribution in [0.1, 0.15) is 25.3 Å². The second-order valence-electron chi connectivity index (χ2n) is 5.79. The first-order chi connectivity index (χ1) is 12.3. The van der Waals surface area contributed by atoms with E-state index in [1.54, 1.807) is 19.9 Å². The summed E-state index contributed by atoms with van der Waals surface area (Å²) >= 11 is 0. The van der Waals surface area contributed by atoms with Gasteiger partial charge >= 0.3 is 11.9 Å². The number of benzene rings is 1. The second kappa shape index (κ2) is 7.73. The fourth-order valence-corrected chi connectivity index (χ4v) is 3.03. The Balaban J connectivity index is 2.64. The summed E-state index contributed by atoms with van der Waals surface area (Å²) in [5, 5.41) is 20.8. The summed E-state index contributed by atoms with van der Waals surface area (Å²) in [5.41, 5.74) is 0.858. The Bertz CT molecular complexity index is 840. The third kappa shape index (κ3) is 3.69. The molecule has 2 rings (SSSR count). The van der Waals surface area contributed by atoms with E-state index in [0.29, 0.717) is 17.0 Å². The van der Waals surface area contributed by atoms with Crippen LogP contribution >= 0.6 is 0 Å². The zero-order valence-electron chi connectivity index (χ0n) is 14.3. The van der Waals surface area contributed by atoms with Gasteiger partial charge in [-0.2, -0.15) is 0 Å². The van der Waals surface area contributed by atoms with E-state index in [2.05, 4.69) is 11.6 Å². The third-order valence-electron chi connectivity index (χ3n) is 4.09. The van der Waals surface area contributed by atoms with E-state index < -0.39 is 28.7 Å². The molecule has 26 heavy (non-hydrogen) atoms. The molecule has 1 aromatic carbocycles. The van der Waals surface area contributed by atoms with E-state index in [4.69, 9.17) is 4.74 Å². The highest BCUT2D eigenvalue weighted by molar-refractivity contribution is 6.06. The minimum absolute atomic E-state index is 0.0439. The van der Waals surface area contributed by atoms with Gasteiger partial charge < -0.3 is 9.84 Å². The third-order valence-corrected chi connectivity index (χ3v) is 4.09. The van der Waals surface area contributed by atoms with Gasteiger partial charge in [-0.1, -0.05) is 24.8 Å². The van der Waals surface area contributed by atoms with Crippen molar-refractivity contribution in [1.82, 2.24) is 0 Å². The molecule has 8 nitrogen and oxygen atoms in total. The molecule has 0 radical (unpaired) electrons. The van der Waals surface area contributed by atoms with Crippen molar-refractivity contribution in [3.63, 3.8) is 0 Å². The van der Waals surface area contributed by atoms with Crippen LogP contribution in [0.3, 0.4) is 0 Å². The van der Waals surface area contributed by atoms with Gasteiger partial charge in [-0.15, -0.1) is 0 Å². The highest BCUT2D eigenvalue weighted by Gasteiger charge is 2.41. The van der Waals surface area contributed by atoms with Gasteiger partial charge in [0, 0.05) is 29.5 Å². The first kappa shape index (κ1) is 19.0. The van der Waals surface area contributed by atoms with Gasteiger partial charge in [0.05, 0.1) is 10.5 Å². The number of nitro groups is 1. The van der Waals surface area contributed by atoms with Crippen molar-refractivity contribution in [2.24, 2.45) is 10.9 Å². The van der Waals surface area contributed by atoms with Crippen LogP contribution in [-0.4, -0.2) is 34.3 Å². The van der Waals surface area contributed by atoms with Gasteiger partial charge in [0.15, 0.2) is 0 Å². The SMILES string of the molecule is C=CCOC(=O)C1=C(C)N=C(C)C(C(=O)O)C1c1cccc([N+](=O)[O-])c1. The number of hydrogen-bond donors (Lipinski definition) is 1. The van der Waals surface area contributed by atoms with Crippen molar-refractivity contribution >= 4 is 23.3 Å². The lowest BCUT2D eigenvalue weighted by Crippen LogP contribution is -2.35. The minimum Gasteiger partial charge on any atom is -0.481 e. The molecule has 8 heteroatoms. The molecule has 0 saturated heterocycles. The smallest absolute Gasteiger partial charge is 0.336 e. The molecule has 136 valence electrons. The first-order valence-corrected chi connectivity index (χ1v) is 7.79. The van der Waals surface area contributed by atoms with E-state index >= 15 is 0 Å². The molecule has 0 bridgehead atoms. The van der Waals surface area contributed by atoms with Gasteiger partial charge in [-0.25, -0.2) is 4.79 Å². The number of non-ortho nitro benzene ring substituents is 1. The molecule has 0 aliphatic carbocycles. The van der Waals surface area contributed by atoms with E-state index in [1.165, 1.54) is 24.3 Å². The number of rotatable bonds is 6. The van der Waals surface area contributed by atoms with E-state index in [1.807, 2.05) is 0 Å². The largest absolute Gasteiger partial charge is 0.481 e. The predicted molar refractivity (Wildman–Crippen MR) is 93.9 cm³/mol. The quantitative estimate of drug-likeness (QED) is 0.361. The molecule has 2 unspecified atom stereocenters. The predicted octanol–water partition coefficient (Wildman–Crippen LogP) is 2.86. The summed E-state index contributed by atoms with van der Waals surface area (Å²) in [6.07, 6.45) is 1.39. The molecule has 2 atom stereocenters. The normalized spacial score (nSPS) is 19.5. The number of carbonyl (C=O) groups excluding carboxylic acids is 1. The van der Waals surface area contributed by atoms with Gasteiger partial charge in [0.1, 0.15) is 12.5 Å². The van der Waals surface area contributed by atoms with Gasteiger partial charge in [0.2, 0.25) is 0 Å². The molecule has 0 aromatic heterocycles. The summed E-state index contributed by atoms with van der Waals surface area (Å²) in [4.78, 5) is 39.1. The molecule has 1 aliphatic heterocycles. The Morgan fingerprint density at radius 3 is 2.69 bits per heavy atom. The van der Waals surface area contributed by atoms with Crippen LogP contribution in [0.5, 0.6) is 0 Å². The molecule has 1 aromatic rings. The summed E-state index contributed by atoms with van der Waals surface area (Å²) in [7, 11) is 0. The van der Waals surface area contributed by atoms with Crippen LogP contribution in [-0.2, 0) is 14.3 Å². The Kier molecular flexibility index (Phi) is 5.66. The molecule has 1 heterocycles. The number of allylic oxidation sites excluding steroid dienone is 1.